The highest BCUT2D eigenvalue weighted by atomic mass is 19.1. The van der Waals surface area contributed by atoms with Crippen LogP contribution in [0.2, 0.25) is 0 Å². The molecule has 256 valence electrons. The molecular weight excluding hydrogens is 619 g/mol. The van der Waals surface area contributed by atoms with E-state index in [2.05, 4.69) is 34.4 Å². The number of amides is 3. The number of fused-ring (bicyclic) bond motifs is 1. The highest BCUT2D eigenvalue weighted by Crippen LogP contribution is 2.37. The van der Waals surface area contributed by atoms with Crippen molar-refractivity contribution in [2.45, 2.75) is 58.7 Å². The topological polar surface area (TPSA) is 134 Å². The van der Waals surface area contributed by atoms with Crippen LogP contribution in [0.15, 0.2) is 36.5 Å². The SMILES string of the molecule is CCN1CC(C)(C)Oc2nc(N3CCOCC3C)nc(-c3ccc(NC(=O)Nc4ccc(N5CCOCC5(C)C)nc4)c(F)c3)c2C1=O. The van der Waals surface area contributed by atoms with Crippen LogP contribution < -0.4 is 25.2 Å². The standard InChI is InChI=1S/C34H43FN8O5/c1-7-41-19-34(5,6)48-29-27(30(41)44)28(39-31(40-29)42-12-14-46-18-21(42)2)22-8-10-25(24(35)16-22)38-32(45)37-23-9-11-26(36-17-23)43-13-15-47-20-33(43,3)4/h8-11,16-17,21H,7,12-15,18-20H2,1-6H3,(H2,37,38,45). The molecule has 2 saturated heterocycles. The van der Waals surface area contributed by atoms with Gasteiger partial charge in [0.25, 0.3) is 5.91 Å². The number of carbonyl (C=O) groups excluding carboxylic acids is 2. The summed E-state index contributed by atoms with van der Waals surface area (Å²) >= 11 is 0. The average Bonchev–Trinajstić information content (AvgIpc) is 3.14. The lowest BCUT2D eigenvalue weighted by Crippen LogP contribution is -2.53. The van der Waals surface area contributed by atoms with E-state index < -0.39 is 17.4 Å². The Labute approximate surface area is 279 Å². The van der Waals surface area contributed by atoms with Crippen molar-refractivity contribution in [3.63, 3.8) is 0 Å². The van der Waals surface area contributed by atoms with Crippen LogP contribution in [-0.4, -0.2) is 102 Å². The number of hydrogen-bond acceptors (Lipinski definition) is 10. The van der Waals surface area contributed by atoms with Crippen molar-refractivity contribution in [2.75, 3.05) is 73.0 Å². The molecule has 3 aromatic rings. The van der Waals surface area contributed by atoms with Gasteiger partial charge in [-0.1, -0.05) is 6.07 Å². The van der Waals surface area contributed by atoms with E-state index in [1.807, 2.05) is 38.7 Å². The maximum absolute atomic E-state index is 15.7. The number of pyridine rings is 1. The summed E-state index contributed by atoms with van der Waals surface area (Å²) in [6.45, 7) is 16.1. The first-order valence-corrected chi connectivity index (χ1v) is 16.3. The molecule has 2 aromatic heterocycles. The van der Waals surface area contributed by atoms with Gasteiger partial charge in [0.2, 0.25) is 11.8 Å². The molecule has 0 spiro atoms. The number of aromatic nitrogens is 3. The fourth-order valence-electron chi connectivity index (χ4n) is 6.25. The molecule has 1 atom stereocenters. The van der Waals surface area contributed by atoms with Gasteiger partial charge < -0.3 is 39.5 Å². The number of carbonyl (C=O) groups is 2. The first kappa shape index (κ1) is 33.3. The van der Waals surface area contributed by atoms with Crippen molar-refractivity contribution in [1.29, 1.82) is 0 Å². The van der Waals surface area contributed by atoms with E-state index in [1.165, 1.54) is 12.1 Å². The lowest BCUT2D eigenvalue weighted by molar-refractivity contribution is 0.0541. The first-order chi connectivity index (χ1) is 22.8. The summed E-state index contributed by atoms with van der Waals surface area (Å²) in [6.07, 6.45) is 1.56. The van der Waals surface area contributed by atoms with E-state index >= 15 is 4.39 Å². The van der Waals surface area contributed by atoms with Crippen molar-refractivity contribution in [3.05, 3.63) is 47.9 Å². The fraction of sp³-hybridized carbons (Fsp3) is 0.500. The molecule has 3 aliphatic rings. The number of halogens is 1. The normalized spacial score (nSPS) is 20.4. The average molecular weight is 663 g/mol. The highest BCUT2D eigenvalue weighted by molar-refractivity contribution is 6.03. The summed E-state index contributed by atoms with van der Waals surface area (Å²) in [4.78, 5) is 46.7. The Morgan fingerprint density at radius 1 is 1.06 bits per heavy atom. The number of morpholine rings is 2. The Hall–Kier alpha value is -4.56. The smallest absolute Gasteiger partial charge is 0.323 e. The number of ether oxygens (including phenoxy) is 3. The number of urea groups is 1. The summed E-state index contributed by atoms with van der Waals surface area (Å²) in [7, 11) is 0. The van der Waals surface area contributed by atoms with E-state index in [0.717, 1.165) is 5.82 Å². The molecule has 0 bridgehead atoms. The molecule has 48 heavy (non-hydrogen) atoms. The van der Waals surface area contributed by atoms with Crippen LogP contribution in [0.25, 0.3) is 11.3 Å². The monoisotopic (exact) mass is 662 g/mol. The second-order valence-electron chi connectivity index (χ2n) is 13.5. The third-order valence-electron chi connectivity index (χ3n) is 8.73. The summed E-state index contributed by atoms with van der Waals surface area (Å²) in [5.74, 6) is 0.298. The maximum Gasteiger partial charge on any atom is 0.323 e. The van der Waals surface area contributed by atoms with Crippen molar-refractivity contribution < 1.29 is 28.2 Å². The van der Waals surface area contributed by atoms with Crippen molar-refractivity contribution in [3.8, 4) is 17.1 Å². The number of likely N-dealkylation sites (N-methyl/N-ethyl adjacent to an activating group) is 1. The molecule has 5 heterocycles. The van der Waals surface area contributed by atoms with Crippen LogP contribution in [-0.2, 0) is 9.47 Å². The predicted octanol–water partition coefficient (Wildman–Crippen LogP) is 4.80. The Kier molecular flexibility index (Phi) is 9.14. The molecule has 3 aliphatic heterocycles. The molecule has 0 radical (unpaired) electrons. The minimum absolute atomic E-state index is 0.0225. The van der Waals surface area contributed by atoms with Gasteiger partial charge in [-0.25, -0.2) is 19.2 Å². The number of anilines is 4. The minimum atomic E-state index is -0.724. The second-order valence-corrected chi connectivity index (χ2v) is 13.5. The molecular formula is C34H43FN8O5. The molecule has 0 saturated carbocycles. The Morgan fingerprint density at radius 2 is 1.85 bits per heavy atom. The molecule has 14 heteroatoms. The molecule has 0 aliphatic carbocycles. The zero-order valence-corrected chi connectivity index (χ0v) is 28.3. The molecule has 6 rings (SSSR count). The zero-order valence-electron chi connectivity index (χ0n) is 28.3. The largest absolute Gasteiger partial charge is 0.469 e. The number of rotatable bonds is 6. The van der Waals surface area contributed by atoms with Crippen molar-refractivity contribution in [1.82, 2.24) is 19.9 Å². The molecule has 1 unspecified atom stereocenters. The summed E-state index contributed by atoms with van der Waals surface area (Å²) in [5, 5.41) is 5.28. The molecule has 2 N–H and O–H groups in total. The molecule has 2 fully saturated rings. The Balaban J connectivity index is 1.26. The minimum Gasteiger partial charge on any atom is -0.469 e. The number of hydrogen-bond donors (Lipinski definition) is 2. The van der Waals surface area contributed by atoms with E-state index in [0.29, 0.717) is 69.8 Å². The van der Waals surface area contributed by atoms with Gasteiger partial charge >= 0.3 is 6.03 Å². The second kappa shape index (κ2) is 13.2. The van der Waals surface area contributed by atoms with E-state index in [1.54, 1.807) is 23.2 Å². The summed E-state index contributed by atoms with van der Waals surface area (Å²) in [6, 6.07) is 7.25. The van der Waals surface area contributed by atoms with E-state index in [9.17, 15) is 9.59 Å². The van der Waals surface area contributed by atoms with Crippen LogP contribution in [0.4, 0.5) is 32.3 Å². The van der Waals surface area contributed by atoms with Gasteiger partial charge in [0.05, 0.1) is 67.8 Å². The number of nitrogens with one attached hydrogen (secondary N) is 2. The van der Waals surface area contributed by atoms with E-state index in [4.69, 9.17) is 24.2 Å². The number of benzene rings is 1. The lowest BCUT2D eigenvalue weighted by atomic mass is 10.0. The first-order valence-electron chi connectivity index (χ1n) is 16.3. The van der Waals surface area contributed by atoms with Gasteiger partial charge in [-0.2, -0.15) is 4.98 Å². The van der Waals surface area contributed by atoms with Gasteiger partial charge in [-0.3, -0.25) is 4.79 Å². The third-order valence-corrected chi connectivity index (χ3v) is 8.73. The highest BCUT2D eigenvalue weighted by Gasteiger charge is 2.38. The maximum atomic E-state index is 15.7. The molecule has 3 amide bonds. The van der Waals surface area contributed by atoms with Gasteiger partial charge in [0.1, 0.15) is 22.8 Å². The molecule has 13 nitrogen and oxygen atoms in total. The van der Waals surface area contributed by atoms with Crippen LogP contribution in [0.1, 0.15) is 51.9 Å². The fourth-order valence-corrected chi connectivity index (χ4v) is 6.25. The van der Waals surface area contributed by atoms with Gasteiger partial charge in [-0.05, 0) is 65.8 Å². The van der Waals surface area contributed by atoms with Gasteiger partial charge in [-0.15, -0.1) is 0 Å². The Bertz CT molecular complexity index is 1680. The van der Waals surface area contributed by atoms with Crippen molar-refractivity contribution >= 4 is 35.1 Å². The van der Waals surface area contributed by atoms with Crippen molar-refractivity contribution in [2.24, 2.45) is 0 Å². The summed E-state index contributed by atoms with van der Waals surface area (Å²) < 4.78 is 33.2. The van der Waals surface area contributed by atoms with Crippen LogP contribution in [0.5, 0.6) is 5.88 Å². The third kappa shape index (κ3) is 6.85. The quantitative estimate of drug-likeness (QED) is 0.379. The Morgan fingerprint density at radius 3 is 2.54 bits per heavy atom. The van der Waals surface area contributed by atoms with Gasteiger partial charge in [0, 0.05) is 25.2 Å². The van der Waals surface area contributed by atoms with Crippen LogP contribution >= 0.6 is 0 Å². The zero-order chi connectivity index (χ0) is 34.2. The molecule has 1 aromatic carbocycles. The van der Waals surface area contributed by atoms with E-state index in [-0.39, 0.29) is 40.3 Å². The number of nitrogens with zero attached hydrogens (tertiary/aromatic N) is 6. The summed E-state index contributed by atoms with van der Waals surface area (Å²) in [5.41, 5.74) is 0.239. The van der Waals surface area contributed by atoms with Gasteiger partial charge in [0.15, 0.2) is 0 Å². The van der Waals surface area contributed by atoms with Crippen LogP contribution in [0.3, 0.4) is 0 Å². The lowest BCUT2D eigenvalue weighted by Gasteiger charge is -2.42. The predicted molar refractivity (Wildman–Crippen MR) is 180 cm³/mol. The van der Waals surface area contributed by atoms with Crippen LogP contribution in [0, 0.1) is 5.82 Å².